The minimum atomic E-state index is -1.20. The van der Waals surface area contributed by atoms with Crippen LogP contribution in [-0.2, 0) is 22.4 Å². The van der Waals surface area contributed by atoms with Crippen molar-refractivity contribution < 1.29 is 28.8 Å². The highest BCUT2D eigenvalue weighted by Gasteiger charge is 2.51. The molecule has 0 amide bonds. The number of aromatic hydroxyl groups is 1. The highest BCUT2D eigenvalue weighted by atomic mass is 35.5. The molecule has 7 heteroatoms. The van der Waals surface area contributed by atoms with Crippen LogP contribution in [0.3, 0.4) is 0 Å². The van der Waals surface area contributed by atoms with Crippen LogP contribution < -0.4 is 14.2 Å². The fraction of sp³-hybridized carbons (Fsp3) is 0.381. The molecule has 1 aliphatic heterocycles. The topological polar surface area (TPSA) is 74.2 Å². The quantitative estimate of drug-likeness (QED) is 0.561. The van der Waals surface area contributed by atoms with Gasteiger partial charge in [-0.25, -0.2) is 0 Å². The van der Waals surface area contributed by atoms with E-state index in [2.05, 4.69) is 0 Å². The second kappa shape index (κ2) is 8.19. The van der Waals surface area contributed by atoms with Crippen molar-refractivity contribution in [2.75, 3.05) is 27.9 Å². The molecular weight excluding hydrogens is 384 g/mol. The Hall–Kier alpha value is -2.60. The normalized spacial score (nSPS) is 21.3. The Kier molecular flexibility index (Phi) is 5.89. The van der Waals surface area contributed by atoms with Crippen LogP contribution >= 0.6 is 11.6 Å². The first-order valence-corrected chi connectivity index (χ1v) is 9.22. The second-order valence-electron chi connectivity index (χ2n) is 6.73. The van der Waals surface area contributed by atoms with Crippen LogP contribution in [0, 0.1) is 5.92 Å². The van der Waals surface area contributed by atoms with Crippen LogP contribution in [0.25, 0.3) is 0 Å². The summed E-state index contributed by atoms with van der Waals surface area (Å²) in [5.74, 6) is 0.963. The average molecular weight is 407 g/mol. The summed E-state index contributed by atoms with van der Waals surface area (Å²) in [6.45, 7) is 0.242. The predicted molar refractivity (Wildman–Crippen MR) is 105 cm³/mol. The van der Waals surface area contributed by atoms with E-state index >= 15 is 0 Å². The van der Waals surface area contributed by atoms with Gasteiger partial charge in [-0.1, -0.05) is 12.1 Å². The van der Waals surface area contributed by atoms with Gasteiger partial charge in [0.15, 0.2) is 27.9 Å². The molecule has 3 rings (SSSR count). The number of rotatable bonds is 7. The van der Waals surface area contributed by atoms with Crippen molar-refractivity contribution in [3.8, 4) is 23.0 Å². The molecule has 0 radical (unpaired) electrons. The monoisotopic (exact) mass is 406 g/mol. The lowest BCUT2D eigenvalue weighted by Gasteiger charge is -2.25. The van der Waals surface area contributed by atoms with Crippen LogP contribution in [0.2, 0.25) is 0 Å². The molecule has 0 aromatic heterocycles. The number of cyclic esters (lactones) is 1. The number of hydrogen-bond acceptors (Lipinski definition) is 6. The first-order chi connectivity index (χ1) is 13.4. The Morgan fingerprint density at radius 3 is 2.36 bits per heavy atom. The predicted octanol–water partition coefficient (Wildman–Crippen LogP) is 3.35. The number of phenols is 1. The first-order valence-electron chi connectivity index (χ1n) is 8.84. The number of ether oxygens (including phenoxy) is 4. The van der Waals surface area contributed by atoms with Crippen molar-refractivity contribution in [3.63, 3.8) is 0 Å². The van der Waals surface area contributed by atoms with Crippen LogP contribution in [0.5, 0.6) is 23.0 Å². The zero-order valence-corrected chi connectivity index (χ0v) is 16.8. The molecule has 1 aliphatic rings. The maximum Gasteiger partial charge on any atom is 0.327 e. The molecule has 1 saturated heterocycles. The minimum absolute atomic E-state index is 0.0331. The lowest BCUT2D eigenvalue weighted by molar-refractivity contribution is -0.140. The lowest BCUT2D eigenvalue weighted by Crippen LogP contribution is -2.38. The number of alkyl halides is 1. The van der Waals surface area contributed by atoms with Gasteiger partial charge in [0.05, 0.1) is 27.9 Å². The SMILES string of the molecule is COc1cc(C[C@@]2(Cl)C(=O)OC[C@@H]2Cc2ccc(OC)c(OC)c2)ccc1O. The van der Waals surface area contributed by atoms with Crippen molar-refractivity contribution in [3.05, 3.63) is 47.5 Å². The third-order valence-corrected chi connectivity index (χ3v) is 5.63. The van der Waals surface area contributed by atoms with E-state index in [0.717, 1.165) is 11.1 Å². The third-order valence-electron chi connectivity index (χ3n) is 5.04. The number of methoxy groups -OCH3 is 3. The summed E-state index contributed by atoms with van der Waals surface area (Å²) in [6.07, 6.45) is 0.812. The molecule has 0 unspecified atom stereocenters. The summed E-state index contributed by atoms with van der Waals surface area (Å²) in [5, 5.41) is 9.78. The smallest absolute Gasteiger partial charge is 0.327 e. The highest BCUT2D eigenvalue weighted by molar-refractivity contribution is 6.35. The van der Waals surface area contributed by atoms with E-state index in [1.165, 1.54) is 13.2 Å². The molecule has 2 aromatic rings. The van der Waals surface area contributed by atoms with Crippen LogP contribution in [0.15, 0.2) is 36.4 Å². The minimum Gasteiger partial charge on any atom is -0.504 e. The summed E-state index contributed by atoms with van der Waals surface area (Å²) >= 11 is 6.81. The summed E-state index contributed by atoms with van der Waals surface area (Å²) in [5.41, 5.74) is 1.75. The first kappa shape index (κ1) is 20.1. The molecule has 2 atom stereocenters. The molecule has 1 heterocycles. The highest BCUT2D eigenvalue weighted by Crippen LogP contribution is 2.41. The molecule has 0 aliphatic carbocycles. The Labute approximate surface area is 168 Å². The maximum atomic E-state index is 12.5. The number of benzene rings is 2. The van der Waals surface area contributed by atoms with E-state index in [4.69, 9.17) is 30.5 Å². The van der Waals surface area contributed by atoms with Gasteiger partial charge in [0, 0.05) is 12.3 Å². The van der Waals surface area contributed by atoms with Crippen molar-refractivity contribution >= 4 is 17.6 Å². The molecule has 1 fully saturated rings. The van der Waals surface area contributed by atoms with E-state index in [1.54, 1.807) is 26.4 Å². The molecule has 0 spiro atoms. The molecule has 150 valence electrons. The van der Waals surface area contributed by atoms with Gasteiger partial charge in [-0.2, -0.15) is 0 Å². The van der Waals surface area contributed by atoms with Crippen LogP contribution in [-0.4, -0.2) is 43.9 Å². The van der Waals surface area contributed by atoms with Crippen LogP contribution in [0.1, 0.15) is 11.1 Å². The largest absolute Gasteiger partial charge is 0.504 e. The molecule has 28 heavy (non-hydrogen) atoms. The standard InChI is InChI=1S/C21H23ClO6/c1-25-17-7-5-13(9-19(17)27-3)8-15-12-28-20(24)21(15,22)11-14-4-6-16(23)18(10-14)26-2/h4-7,9-10,15,23H,8,11-12H2,1-3H3/t15-,21-/m0/s1. The fourth-order valence-corrected chi connectivity index (χ4v) is 3.80. The van der Waals surface area contributed by atoms with E-state index in [0.29, 0.717) is 23.7 Å². The Morgan fingerprint density at radius 2 is 1.68 bits per heavy atom. The number of halogens is 1. The molecular formula is C21H23ClO6. The number of hydrogen-bond donors (Lipinski definition) is 1. The van der Waals surface area contributed by atoms with Crippen molar-refractivity contribution in [2.24, 2.45) is 5.92 Å². The number of carbonyl (C=O) groups excluding carboxylic acids is 1. The van der Waals surface area contributed by atoms with Gasteiger partial charge in [-0.15, -0.1) is 11.6 Å². The van der Waals surface area contributed by atoms with Gasteiger partial charge in [0.1, 0.15) is 0 Å². The van der Waals surface area contributed by atoms with Gasteiger partial charge in [-0.05, 0) is 41.8 Å². The average Bonchev–Trinajstić information content (AvgIpc) is 2.97. The Bertz CT molecular complexity index is 868. The van der Waals surface area contributed by atoms with Gasteiger partial charge in [0.2, 0.25) is 0 Å². The summed E-state index contributed by atoms with van der Waals surface area (Å²) < 4.78 is 21.1. The van der Waals surface area contributed by atoms with Gasteiger partial charge < -0.3 is 24.1 Å². The summed E-state index contributed by atoms with van der Waals surface area (Å²) in [7, 11) is 4.63. The van der Waals surface area contributed by atoms with E-state index in [-0.39, 0.29) is 24.7 Å². The van der Waals surface area contributed by atoms with Crippen molar-refractivity contribution in [1.29, 1.82) is 0 Å². The molecule has 6 nitrogen and oxygen atoms in total. The zero-order chi connectivity index (χ0) is 20.3. The maximum absolute atomic E-state index is 12.5. The molecule has 0 saturated carbocycles. The molecule has 2 aromatic carbocycles. The number of carbonyl (C=O) groups is 1. The Morgan fingerprint density at radius 1 is 1.04 bits per heavy atom. The van der Waals surface area contributed by atoms with E-state index < -0.39 is 10.8 Å². The summed E-state index contributed by atoms with van der Waals surface area (Å²) in [4.78, 5) is 11.3. The fourth-order valence-electron chi connectivity index (χ4n) is 3.45. The molecule has 0 bridgehead atoms. The zero-order valence-electron chi connectivity index (χ0n) is 16.0. The summed E-state index contributed by atoms with van der Waals surface area (Å²) in [6, 6.07) is 10.6. The van der Waals surface area contributed by atoms with E-state index in [9.17, 15) is 9.90 Å². The van der Waals surface area contributed by atoms with Crippen LogP contribution in [0.4, 0.5) is 0 Å². The lowest BCUT2D eigenvalue weighted by atomic mass is 9.84. The van der Waals surface area contributed by atoms with Gasteiger partial charge >= 0.3 is 5.97 Å². The number of esters is 1. The Balaban J connectivity index is 1.84. The third kappa shape index (κ3) is 3.83. The van der Waals surface area contributed by atoms with Gasteiger partial charge in [0.25, 0.3) is 0 Å². The van der Waals surface area contributed by atoms with E-state index in [1.807, 2.05) is 18.2 Å². The second-order valence-corrected chi connectivity index (χ2v) is 7.41. The molecule has 1 N–H and O–H groups in total. The van der Waals surface area contributed by atoms with Crippen molar-refractivity contribution in [2.45, 2.75) is 17.7 Å². The van der Waals surface area contributed by atoms with Crippen molar-refractivity contribution in [1.82, 2.24) is 0 Å². The number of phenolic OH excluding ortho intramolecular Hbond substituents is 1. The van der Waals surface area contributed by atoms with Gasteiger partial charge in [-0.3, -0.25) is 4.79 Å².